The molecule has 3 rings (SSSR count). The number of benzene rings is 2. The molecule has 31 heavy (non-hydrogen) atoms. The molecule has 0 saturated carbocycles. The van der Waals surface area contributed by atoms with Crippen LogP contribution in [-0.4, -0.2) is 41.5 Å². The predicted molar refractivity (Wildman–Crippen MR) is 120 cm³/mol. The van der Waals surface area contributed by atoms with Gasteiger partial charge in [0.25, 0.3) is 5.91 Å². The van der Waals surface area contributed by atoms with Gasteiger partial charge in [-0.2, -0.15) is 0 Å². The van der Waals surface area contributed by atoms with Crippen LogP contribution in [0.5, 0.6) is 11.5 Å². The fraction of sp³-hybridized carbons (Fsp3) is 0.280. The summed E-state index contributed by atoms with van der Waals surface area (Å²) < 4.78 is 10.4. The molecule has 3 amide bonds. The van der Waals surface area contributed by atoms with E-state index in [4.69, 9.17) is 9.47 Å². The van der Waals surface area contributed by atoms with Gasteiger partial charge < -0.3 is 14.4 Å². The minimum Gasteiger partial charge on any atom is -0.497 e. The third-order valence-electron chi connectivity index (χ3n) is 5.59. The summed E-state index contributed by atoms with van der Waals surface area (Å²) in [6, 6.07) is 14.5. The summed E-state index contributed by atoms with van der Waals surface area (Å²) in [5.41, 5.74) is 0.720. The number of amides is 3. The van der Waals surface area contributed by atoms with Crippen LogP contribution in [0.2, 0.25) is 0 Å². The number of nitrogens with zero attached hydrogens (tertiary/aromatic N) is 2. The number of methoxy groups -OCH3 is 2. The summed E-state index contributed by atoms with van der Waals surface area (Å²) >= 11 is 0. The molecule has 0 aliphatic carbocycles. The third kappa shape index (κ3) is 4.33. The molecule has 1 saturated heterocycles. The lowest BCUT2D eigenvalue weighted by atomic mass is 9.88. The van der Waals surface area contributed by atoms with E-state index in [0.29, 0.717) is 19.4 Å². The molecule has 1 aliphatic rings. The van der Waals surface area contributed by atoms with Crippen LogP contribution in [0.25, 0.3) is 0 Å². The van der Waals surface area contributed by atoms with Gasteiger partial charge in [0.15, 0.2) is 0 Å². The first-order valence-corrected chi connectivity index (χ1v) is 10.1. The molecular weight excluding hydrogens is 392 g/mol. The highest BCUT2D eigenvalue weighted by Crippen LogP contribution is 2.37. The Morgan fingerprint density at radius 3 is 1.68 bits per heavy atom. The maximum absolute atomic E-state index is 13.6. The molecule has 6 nitrogen and oxygen atoms in total. The molecule has 0 radical (unpaired) electrons. The van der Waals surface area contributed by atoms with Crippen LogP contribution in [0.15, 0.2) is 73.8 Å². The first-order chi connectivity index (χ1) is 15.0. The van der Waals surface area contributed by atoms with E-state index in [1.54, 1.807) is 31.3 Å². The van der Waals surface area contributed by atoms with E-state index < -0.39 is 5.54 Å². The Kier molecular flexibility index (Phi) is 6.80. The summed E-state index contributed by atoms with van der Waals surface area (Å²) in [5.74, 6) is 1.22. The van der Waals surface area contributed by atoms with Crippen molar-refractivity contribution in [1.29, 1.82) is 0 Å². The number of urea groups is 1. The van der Waals surface area contributed by atoms with E-state index in [1.165, 1.54) is 4.90 Å². The number of carbonyl (C=O) groups excluding carboxylic acids is 2. The van der Waals surface area contributed by atoms with Crippen molar-refractivity contribution >= 4 is 11.9 Å². The highest BCUT2D eigenvalue weighted by molar-refractivity contribution is 6.07. The topological polar surface area (TPSA) is 59.1 Å². The van der Waals surface area contributed by atoms with E-state index in [9.17, 15) is 9.59 Å². The lowest BCUT2D eigenvalue weighted by molar-refractivity contribution is -0.133. The molecule has 0 bridgehead atoms. The second-order valence-corrected chi connectivity index (χ2v) is 7.47. The highest BCUT2D eigenvalue weighted by atomic mass is 16.5. The second kappa shape index (κ2) is 9.51. The van der Waals surface area contributed by atoms with Crippen molar-refractivity contribution < 1.29 is 19.1 Å². The van der Waals surface area contributed by atoms with Crippen LogP contribution in [0.3, 0.4) is 0 Å². The first kappa shape index (κ1) is 22.2. The average molecular weight is 421 g/mol. The molecule has 2 aromatic carbocycles. The summed E-state index contributed by atoms with van der Waals surface area (Å²) in [4.78, 5) is 30.0. The van der Waals surface area contributed by atoms with E-state index in [2.05, 4.69) is 13.2 Å². The fourth-order valence-corrected chi connectivity index (χ4v) is 3.92. The first-order valence-electron chi connectivity index (χ1n) is 10.1. The van der Waals surface area contributed by atoms with Gasteiger partial charge in [-0.3, -0.25) is 9.69 Å². The van der Waals surface area contributed by atoms with Gasteiger partial charge in [-0.25, -0.2) is 4.79 Å². The molecule has 6 heteroatoms. The summed E-state index contributed by atoms with van der Waals surface area (Å²) in [7, 11) is 3.20. The van der Waals surface area contributed by atoms with Crippen molar-refractivity contribution in [2.75, 3.05) is 14.2 Å². The summed E-state index contributed by atoms with van der Waals surface area (Å²) in [6.45, 7) is 8.15. The SMILES string of the molecule is C=CCC1(CC=C)C(=O)N(Cc2ccc(OC)cc2)C(=O)N1Cc1ccc(OC)cc1. The number of hydrogen-bond donors (Lipinski definition) is 0. The van der Waals surface area contributed by atoms with Gasteiger partial charge in [-0.05, 0) is 48.2 Å². The molecule has 0 atom stereocenters. The minimum atomic E-state index is -1.03. The zero-order chi connectivity index (χ0) is 22.4. The lowest BCUT2D eigenvalue weighted by Gasteiger charge is -2.33. The molecule has 0 spiro atoms. The molecule has 0 N–H and O–H groups in total. The third-order valence-corrected chi connectivity index (χ3v) is 5.59. The van der Waals surface area contributed by atoms with Gasteiger partial charge in [0.05, 0.1) is 20.8 Å². The monoisotopic (exact) mass is 420 g/mol. The smallest absolute Gasteiger partial charge is 0.328 e. The predicted octanol–water partition coefficient (Wildman–Crippen LogP) is 4.56. The van der Waals surface area contributed by atoms with E-state index in [0.717, 1.165) is 22.6 Å². The standard InChI is InChI=1S/C25H28N2O4/c1-5-15-25(16-6-2)23(28)26(17-19-7-11-21(30-3)12-8-19)24(29)27(25)18-20-9-13-22(31-4)14-10-20/h5-14H,1-2,15-18H2,3-4H3. The number of carbonyl (C=O) groups is 2. The molecular formula is C25H28N2O4. The van der Waals surface area contributed by atoms with Gasteiger partial charge in [-0.1, -0.05) is 36.4 Å². The Morgan fingerprint density at radius 2 is 1.26 bits per heavy atom. The van der Waals surface area contributed by atoms with E-state index in [1.807, 2.05) is 48.5 Å². The number of rotatable bonds is 10. The van der Waals surface area contributed by atoms with Crippen molar-refractivity contribution in [3.05, 3.63) is 85.0 Å². The van der Waals surface area contributed by atoms with Gasteiger partial charge in [-0.15, -0.1) is 13.2 Å². The van der Waals surface area contributed by atoms with Crippen molar-refractivity contribution in [1.82, 2.24) is 9.80 Å². The average Bonchev–Trinajstić information content (AvgIpc) is 2.97. The number of hydrogen-bond acceptors (Lipinski definition) is 4. The van der Waals surface area contributed by atoms with Crippen molar-refractivity contribution in [2.45, 2.75) is 31.5 Å². The number of ether oxygens (including phenoxy) is 2. The Labute approximate surface area is 183 Å². The van der Waals surface area contributed by atoms with E-state index >= 15 is 0 Å². The van der Waals surface area contributed by atoms with Gasteiger partial charge in [0.1, 0.15) is 17.0 Å². The van der Waals surface area contributed by atoms with Crippen molar-refractivity contribution in [2.24, 2.45) is 0 Å². The maximum Gasteiger partial charge on any atom is 0.328 e. The van der Waals surface area contributed by atoms with Gasteiger partial charge in [0.2, 0.25) is 0 Å². The zero-order valence-corrected chi connectivity index (χ0v) is 18.0. The zero-order valence-electron chi connectivity index (χ0n) is 18.0. The van der Waals surface area contributed by atoms with Crippen LogP contribution in [0.4, 0.5) is 4.79 Å². The fourth-order valence-electron chi connectivity index (χ4n) is 3.92. The Balaban J connectivity index is 1.94. The molecule has 162 valence electrons. The molecule has 1 heterocycles. The second-order valence-electron chi connectivity index (χ2n) is 7.47. The molecule has 0 unspecified atom stereocenters. The van der Waals surface area contributed by atoms with Gasteiger partial charge in [0, 0.05) is 6.54 Å². The number of imide groups is 1. The van der Waals surface area contributed by atoms with Crippen LogP contribution < -0.4 is 9.47 Å². The summed E-state index contributed by atoms with van der Waals surface area (Å²) in [5, 5.41) is 0. The Hall–Kier alpha value is -3.54. The Morgan fingerprint density at radius 1 is 0.806 bits per heavy atom. The van der Waals surface area contributed by atoms with Crippen LogP contribution in [0, 0.1) is 0 Å². The highest BCUT2D eigenvalue weighted by Gasteiger charge is 2.55. The van der Waals surface area contributed by atoms with Crippen LogP contribution in [-0.2, 0) is 17.9 Å². The van der Waals surface area contributed by atoms with E-state index in [-0.39, 0.29) is 18.5 Å². The van der Waals surface area contributed by atoms with Gasteiger partial charge >= 0.3 is 6.03 Å². The van der Waals surface area contributed by atoms with Crippen molar-refractivity contribution in [3.63, 3.8) is 0 Å². The molecule has 1 fully saturated rings. The lowest BCUT2D eigenvalue weighted by Crippen LogP contribution is -2.48. The summed E-state index contributed by atoms with van der Waals surface area (Å²) in [6.07, 6.45) is 4.07. The molecule has 0 aromatic heterocycles. The maximum atomic E-state index is 13.6. The van der Waals surface area contributed by atoms with Crippen molar-refractivity contribution in [3.8, 4) is 11.5 Å². The largest absolute Gasteiger partial charge is 0.497 e. The minimum absolute atomic E-state index is 0.191. The van der Waals surface area contributed by atoms with Crippen LogP contribution >= 0.6 is 0 Å². The molecule has 2 aromatic rings. The molecule has 1 aliphatic heterocycles. The normalized spacial score (nSPS) is 15.2. The van der Waals surface area contributed by atoms with Crippen LogP contribution in [0.1, 0.15) is 24.0 Å². The quantitative estimate of drug-likeness (QED) is 0.418. The Bertz CT molecular complexity index is 940.